The van der Waals surface area contributed by atoms with Gasteiger partial charge in [-0.25, -0.2) is 0 Å². The second-order valence-electron chi connectivity index (χ2n) is 6.03. The van der Waals surface area contributed by atoms with Crippen LogP contribution in [0.1, 0.15) is 25.3 Å². The third-order valence-corrected chi connectivity index (χ3v) is 4.28. The van der Waals surface area contributed by atoms with E-state index >= 15 is 0 Å². The summed E-state index contributed by atoms with van der Waals surface area (Å²) >= 11 is 0. The number of nitrogens with one attached hydrogen (secondary N) is 1. The minimum Gasteiger partial charge on any atom is -0.360 e. The first kappa shape index (κ1) is 13.4. The van der Waals surface area contributed by atoms with Gasteiger partial charge < -0.3 is 15.1 Å². The Kier molecular flexibility index (Phi) is 3.66. The van der Waals surface area contributed by atoms with E-state index < -0.39 is 0 Å². The molecule has 1 aromatic rings. The zero-order chi connectivity index (χ0) is 14.1. The molecule has 1 amide bonds. The highest BCUT2D eigenvalue weighted by atomic mass is 16.2. The van der Waals surface area contributed by atoms with Gasteiger partial charge in [0.05, 0.1) is 6.54 Å². The summed E-state index contributed by atoms with van der Waals surface area (Å²) in [5.74, 6) is 0.233. The molecule has 1 fully saturated rings. The fourth-order valence-corrected chi connectivity index (χ4v) is 2.84. The minimum atomic E-state index is 0.233. The van der Waals surface area contributed by atoms with Crippen LogP contribution in [0.4, 0.5) is 5.69 Å². The average Bonchev–Trinajstić information content (AvgIpc) is 3.28. The lowest BCUT2D eigenvalue weighted by Crippen LogP contribution is -2.43. The number of amides is 1. The third kappa shape index (κ3) is 2.80. The van der Waals surface area contributed by atoms with Crippen molar-refractivity contribution in [1.29, 1.82) is 0 Å². The minimum absolute atomic E-state index is 0.233. The lowest BCUT2D eigenvalue weighted by atomic mass is 10.1. The van der Waals surface area contributed by atoms with E-state index in [1.54, 1.807) is 0 Å². The van der Waals surface area contributed by atoms with E-state index in [1.807, 2.05) is 11.9 Å². The van der Waals surface area contributed by atoms with Gasteiger partial charge >= 0.3 is 0 Å². The number of anilines is 1. The molecule has 4 heteroatoms. The molecule has 1 aliphatic carbocycles. The van der Waals surface area contributed by atoms with E-state index in [-0.39, 0.29) is 5.91 Å². The number of rotatable bonds is 3. The van der Waals surface area contributed by atoms with Crippen LogP contribution < -0.4 is 10.2 Å². The Labute approximate surface area is 120 Å². The van der Waals surface area contributed by atoms with Crippen LogP contribution in [0.2, 0.25) is 0 Å². The van der Waals surface area contributed by atoms with Crippen LogP contribution in [0.3, 0.4) is 0 Å². The standard InChI is InChI=1S/C16H23N3O/c1-12-10-19(11-16(20)18(2)14-7-8-14)15-6-4-3-5-13(15)9-17-12/h3-6,12,14,17H,7-11H2,1-2H3. The first-order valence-corrected chi connectivity index (χ1v) is 7.47. The molecule has 0 aromatic heterocycles. The largest absolute Gasteiger partial charge is 0.360 e. The molecule has 1 atom stereocenters. The maximum Gasteiger partial charge on any atom is 0.242 e. The Bertz CT molecular complexity index is 498. The molecule has 1 aromatic carbocycles. The number of nitrogens with zero attached hydrogens (tertiary/aromatic N) is 2. The predicted molar refractivity (Wildman–Crippen MR) is 80.7 cm³/mol. The van der Waals surface area contributed by atoms with Gasteiger partial charge in [0, 0.05) is 37.9 Å². The summed E-state index contributed by atoms with van der Waals surface area (Å²) in [6.07, 6.45) is 2.33. The normalized spacial score (nSPS) is 22.1. The van der Waals surface area contributed by atoms with Crippen molar-refractivity contribution in [2.45, 2.75) is 38.4 Å². The highest BCUT2D eigenvalue weighted by Crippen LogP contribution is 2.27. The summed E-state index contributed by atoms with van der Waals surface area (Å²) in [5.41, 5.74) is 2.47. The highest BCUT2D eigenvalue weighted by Gasteiger charge is 2.31. The number of likely N-dealkylation sites (N-methyl/N-ethyl adjacent to an activating group) is 1. The quantitative estimate of drug-likeness (QED) is 0.909. The summed E-state index contributed by atoms with van der Waals surface area (Å²) in [6, 6.07) is 9.26. The highest BCUT2D eigenvalue weighted by molar-refractivity contribution is 5.82. The van der Waals surface area contributed by atoms with Crippen LogP contribution >= 0.6 is 0 Å². The molecule has 4 nitrogen and oxygen atoms in total. The molecule has 3 rings (SSSR count). The monoisotopic (exact) mass is 273 g/mol. The van der Waals surface area contributed by atoms with Gasteiger partial charge in [-0.05, 0) is 31.4 Å². The van der Waals surface area contributed by atoms with E-state index in [1.165, 1.54) is 11.3 Å². The van der Waals surface area contributed by atoms with Gasteiger partial charge in [-0.3, -0.25) is 4.79 Å². The Morgan fingerprint density at radius 3 is 2.90 bits per heavy atom. The number of benzene rings is 1. The number of fused-ring (bicyclic) bond motifs is 1. The number of carbonyl (C=O) groups is 1. The predicted octanol–water partition coefficient (Wildman–Crippen LogP) is 1.61. The summed E-state index contributed by atoms with van der Waals surface area (Å²) in [4.78, 5) is 16.5. The second kappa shape index (κ2) is 5.44. The topological polar surface area (TPSA) is 35.6 Å². The molecule has 2 aliphatic rings. The second-order valence-corrected chi connectivity index (χ2v) is 6.03. The fourth-order valence-electron chi connectivity index (χ4n) is 2.84. The van der Waals surface area contributed by atoms with E-state index in [4.69, 9.17) is 0 Å². The van der Waals surface area contributed by atoms with Gasteiger partial charge in [-0.1, -0.05) is 18.2 Å². The molecular weight excluding hydrogens is 250 g/mol. The maximum absolute atomic E-state index is 12.4. The smallest absolute Gasteiger partial charge is 0.242 e. The van der Waals surface area contributed by atoms with Crippen molar-refractivity contribution in [2.75, 3.05) is 25.0 Å². The molecule has 0 radical (unpaired) electrons. The molecular formula is C16H23N3O. The van der Waals surface area contributed by atoms with Crippen molar-refractivity contribution in [2.24, 2.45) is 0 Å². The van der Waals surface area contributed by atoms with E-state index in [0.717, 1.165) is 25.9 Å². The van der Waals surface area contributed by atoms with Crippen LogP contribution in [-0.4, -0.2) is 43.0 Å². The molecule has 0 spiro atoms. The summed E-state index contributed by atoms with van der Waals surface area (Å²) < 4.78 is 0. The van der Waals surface area contributed by atoms with E-state index in [9.17, 15) is 4.79 Å². The summed E-state index contributed by atoms with van der Waals surface area (Å²) in [6.45, 7) is 4.41. The Hall–Kier alpha value is -1.55. The molecule has 1 heterocycles. The van der Waals surface area contributed by atoms with Crippen LogP contribution in [0.5, 0.6) is 0 Å². The van der Waals surface area contributed by atoms with E-state index in [0.29, 0.717) is 18.6 Å². The van der Waals surface area contributed by atoms with Crippen molar-refractivity contribution >= 4 is 11.6 Å². The SMILES string of the molecule is CC1CN(CC(=O)N(C)C2CC2)c2ccccc2CN1. The van der Waals surface area contributed by atoms with Crippen LogP contribution in [0.25, 0.3) is 0 Å². The van der Waals surface area contributed by atoms with Gasteiger partial charge in [0.2, 0.25) is 5.91 Å². The number of hydrogen-bond acceptors (Lipinski definition) is 3. The third-order valence-electron chi connectivity index (χ3n) is 4.28. The maximum atomic E-state index is 12.4. The molecule has 108 valence electrons. The van der Waals surface area contributed by atoms with Crippen molar-refractivity contribution in [1.82, 2.24) is 10.2 Å². The van der Waals surface area contributed by atoms with Crippen LogP contribution in [-0.2, 0) is 11.3 Å². The molecule has 1 aliphatic heterocycles. The first-order chi connectivity index (χ1) is 9.65. The molecule has 1 saturated carbocycles. The van der Waals surface area contributed by atoms with Gasteiger partial charge in [0.1, 0.15) is 0 Å². The summed E-state index contributed by atoms with van der Waals surface area (Å²) in [5, 5.41) is 3.50. The zero-order valence-electron chi connectivity index (χ0n) is 12.3. The van der Waals surface area contributed by atoms with Crippen molar-refractivity contribution < 1.29 is 4.79 Å². The molecule has 1 unspecified atom stereocenters. The number of hydrogen-bond donors (Lipinski definition) is 1. The van der Waals surface area contributed by atoms with Crippen molar-refractivity contribution in [3.8, 4) is 0 Å². The Morgan fingerprint density at radius 1 is 1.40 bits per heavy atom. The summed E-state index contributed by atoms with van der Waals surface area (Å²) in [7, 11) is 1.94. The molecule has 0 saturated heterocycles. The van der Waals surface area contributed by atoms with Gasteiger partial charge in [-0.15, -0.1) is 0 Å². The first-order valence-electron chi connectivity index (χ1n) is 7.47. The van der Waals surface area contributed by atoms with Gasteiger partial charge in [0.15, 0.2) is 0 Å². The number of para-hydroxylation sites is 1. The number of carbonyl (C=O) groups excluding carboxylic acids is 1. The average molecular weight is 273 g/mol. The van der Waals surface area contributed by atoms with E-state index in [2.05, 4.69) is 41.4 Å². The van der Waals surface area contributed by atoms with Gasteiger partial charge in [0.25, 0.3) is 0 Å². The lowest BCUT2D eigenvalue weighted by molar-refractivity contribution is -0.128. The Morgan fingerprint density at radius 2 is 2.15 bits per heavy atom. The molecule has 20 heavy (non-hydrogen) atoms. The Balaban J connectivity index is 1.77. The zero-order valence-corrected chi connectivity index (χ0v) is 12.3. The van der Waals surface area contributed by atoms with Crippen LogP contribution in [0.15, 0.2) is 24.3 Å². The molecule has 0 bridgehead atoms. The van der Waals surface area contributed by atoms with Crippen LogP contribution in [0, 0.1) is 0 Å². The van der Waals surface area contributed by atoms with Gasteiger partial charge in [-0.2, -0.15) is 0 Å². The lowest BCUT2D eigenvalue weighted by Gasteiger charge is -2.28. The van der Waals surface area contributed by atoms with Crippen molar-refractivity contribution in [3.05, 3.63) is 29.8 Å². The fraction of sp³-hybridized carbons (Fsp3) is 0.562. The van der Waals surface area contributed by atoms with Crippen molar-refractivity contribution in [3.63, 3.8) is 0 Å². The molecule has 1 N–H and O–H groups in total.